The van der Waals surface area contributed by atoms with Gasteiger partial charge in [0.05, 0.1) is 11.5 Å². The Kier molecular flexibility index (Phi) is 3.17. The molecule has 1 rings (SSSR count). The topological polar surface area (TPSA) is 69.4 Å². The maximum absolute atomic E-state index is 10.6. The molecule has 14 heavy (non-hydrogen) atoms. The molecule has 0 aliphatic rings. The summed E-state index contributed by atoms with van der Waals surface area (Å²) in [5.41, 5.74) is -0.245. The second-order valence-corrected chi connectivity index (χ2v) is 2.50. The molecule has 0 N–H and O–H groups in total. The molecule has 0 spiro atoms. The second-order valence-electron chi connectivity index (χ2n) is 2.50. The lowest BCUT2D eigenvalue weighted by atomic mass is 10.2. The Bertz CT molecular complexity index is 362. The second kappa shape index (κ2) is 4.36. The van der Waals surface area contributed by atoms with Crippen LogP contribution in [0.3, 0.4) is 0 Å². The molecule has 0 saturated heterocycles. The molecule has 0 aromatic heterocycles. The van der Waals surface area contributed by atoms with E-state index < -0.39 is 4.92 Å². The minimum Gasteiger partial charge on any atom is -0.493 e. The molecule has 1 aromatic rings. The largest absolute Gasteiger partial charge is 0.493 e. The third kappa shape index (κ3) is 1.87. The highest BCUT2D eigenvalue weighted by Gasteiger charge is 2.17. The van der Waals surface area contributed by atoms with Crippen LogP contribution in [0.4, 0.5) is 5.69 Å². The molecule has 1 aromatic carbocycles. The van der Waals surface area contributed by atoms with Crippen molar-refractivity contribution in [2.45, 2.75) is 6.92 Å². The molecular formula is C9H9NO4. The maximum atomic E-state index is 10.6. The molecule has 5 heteroatoms. The highest BCUT2D eigenvalue weighted by atomic mass is 16.6. The van der Waals surface area contributed by atoms with Gasteiger partial charge < -0.3 is 4.74 Å². The molecule has 0 radical (unpaired) electrons. The van der Waals surface area contributed by atoms with Gasteiger partial charge in [0.2, 0.25) is 0 Å². The highest BCUT2D eigenvalue weighted by molar-refractivity contribution is 5.85. The third-order valence-corrected chi connectivity index (χ3v) is 1.66. The molecule has 0 fully saturated rings. The quantitative estimate of drug-likeness (QED) is 0.417. The number of carbonyl (C=O) groups excluding carboxylic acids is 1. The van der Waals surface area contributed by atoms with Gasteiger partial charge in [0, 0.05) is 6.07 Å². The molecule has 0 heterocycles. The van der Waals surface area contributed by atoms with Crippen molar-refractivity contribution in [2.75, 3.05) is 6.61 Å². The van der Waals surface area contributed by atoms with Crippen molar-refractivity contribution in [1.82, 2.24) is 0 Å². The molecule has 0 atom stereocenters. The van der Waals surface area contributed by atoms with E-state index in [0.29, 0.717) is 12.9 Å². The van der Waals surface area contributed by atoms with Crippen molar-refractivity contribution in [3.63, 3.8) is 0 Å². The van der Waals surface area contributed by atoms with Crippen LogP contribution in [-0.2, 0) is 0 Å². The lowest BCUT2D eigenvalue weighted by Gasteiger charge is -2.05. The fraction of sp³-hybridized carbons (Fsp3) is 0.222. The maximum Gasteiger partial charge on any atom is 0.283 e. The molecule has 0 aliphatic carbocycles. The van der Waals surface area contributed by atoms with Gasteiger partial charge >= 0.3 is 0 Å². The smallest absolute Gasteiger partial charge is 0.283 e. The van der Waals surface area contributed by atoms with Gasteiger partial charge in [-0.3, -0.25) is 14.9 Å². The van der Waals surface area contributed by atoms with Crippen molar-refractivity contribution < 1.29 is 14.5 Å². The number of benzene rings is 1. The Morgan fingerprint density at radius 2 is 2.29 bits per heavy atom. The van der Waals surface area contributed by atoms with Crippen LogP contribution in [-0.4, -0.2) is 17.8 Å². The van der Waals surface area contributed by atoms with Crippen molar-refractivity contribution in [1.29, 1.82) is 0 Å². The number of carbonyl (C=O) groups is 1. The van der Waals surface area contributed by atoms with Gasteiger partial charge in [0.1, 0.15) is 11.3 Å². The van der Waals surface area contributed by atoms with Crippen molar-refractivity contribution in [2.24, 2.45) is 0 Å². The summed E-state index contributed by atoms with van der Waals surface area (Å²) in [6.07, 6.45) is 0.434. The Balaban J connectivity index is 3.24. The Labute approximate surface area is 80.5 Å². The monoisotopic (exact) mass is 195 g/mol. The van der Waals surface area contributed by atoms with Crippen molar-refractivity contribution >= 4 is 12.0 Å². The van der Waals surface area contributed by atoms with Crippen LogP contribution in [0.5, 0.6) is 5.75 Å². The molecule has 0 amide bonds. The van der Waals surface area contributed by atoms with Gasteiger partial charge in [-0.25, -0.2) is 0 Å². The van der Waals surface area contributed by atoms with Crippen molar-refractivity contribution in [3.8, 4) is 5.75 Å². The molecular weight excluding hydrogens is 186 g/mol. The number of rotatable bonds is 4. The Morgan fingerprint density at radius 3 is 2.79 bits per heavy atom. The molecule has 0 saturated carbocycles. The first-order valence-electron chi connectivity index (χ1n) is 4.06. The number of hydrogen-bond acceptors (Lipinski definition) is 4. The summed E-state index contributed by atoms with van der Waals surface area (Å²) in [5.74, 6) is 0.247. The van der Waals surface area contributed by atoms with Gasteiger partial charge in [-0.15, -0.1) is 0 Å². The highest BCUT2D eigenvalue weighted by Crippen LogP contribution is 2.26. The predicted octanol–water partition coefficient (Wildman–Crippen LogP) is 1.81. The molecule has 0 aliphatic heterocycles. The standard InChI is InChI=1S/C9H9NO4/c1-2-14-9-5-3-4-8(10(12)13)7(9)6-11/h3-6H,2H2,1H3. The summed E-state index contributed by atoms with van der Waals surface area (Å²) in [7, 11) is 0. The van der Waals surface area contributed by atoms with E-state index in [2.05, 4.69) is 0 Å². The zero-order chi connectivity index (χ0) is 10.6. The minimum atomic E-state index is -0.605. The fourth-order valence-corrected chi connectivity index (χ4v) is 1.09. The van der Waals surface area contributed by atoms with Crippen LogP contribution in [0.2, 0.25) is 0 Å². The molecule has 0 unspecified atom stereocenters. The van der Waals surface area contributed by atoms with Gasteiger partial charge in [-0.1, -0.05) is 6.07 Å². The summed E-state index contributed by atoms with van der Waals surface area (Å²) in [6.45, 7) is 2.11. The van der Waals surface area contributed by atoms with Crippen LogP contribution < -0.4 is 4.74 Å². The first kappa shape index (κ1) is 10.2. The first-order chi connectivity index (χ1) is 6.70. The average Bonchev–Trinajstić information content (AvgIpc) is 2.18. The first-order valence-corrected chi connectivity index (χ1v) is 4.06. The number of aldehydes is 1. The van der Waals surface area contributed by atoms with Gasteiger partial charge in [0.25, 0.3) is 5.69 Å². The Hall–Kier alpha value is -1.91. The van der Waals surface area contributed by atoms with E-state index in [4.69, 9.17) is 4.74 Å². The minimum absolute atomic E-state index is 0.0145. The van der Waals surface area contributed by atoms with Gasteiger partial charge in [-0.2, -0.15) is 0 Å². The normalized spacial score (nSPS) is 9.50. The van der Waals surface area contributed by atoms with Crippen LogP contribution in [0, 0.1) is 10.1 Å². The van der Waals surface area contributed by atoms with E-state index >= 15 is 0 Å². The van der Waals surface area contributed by atoms with Crippen molar-refractivity contribution in [3.05, 3.63) is 33.9 Å². The zero-order valence-electron chi connectivity index (χ0n) is 7.60. The Morgan fingerprint density at radius 1 is 1.57 bits per heavy atom. The van der Waals surface area contributed by atoms with E-state index in [1.54, 1.807) is 6.92 Å². The van der Waals surface area contributed by atoms with Crippen LogP contribution >= 0.6 is 0 Å². The van der Waals surface area contributed by atoms with E-state index in [0.717, 1.165) is 0 Å². The van der Waals surface area contributed by atoms with Crippen LogP contribution in [0.1, 0.15) is 17.3 Å². The van der Waals surface area contributed by atoms with Gasteiger partial charge in [0.15, 0.2) is 6.29 Å². The van der Waals surface area contributed by atoms with Crippen LogP contribution in [0.15, 0.2) is 18.2 Å². The summed E-state index contributed by atoms with van der Waals surface area (Å²) < 4.78 is 5.08. The summed E-state index contributed by atoms with van der Waals surface area (Å²) in [6, 6.07) is 4.28. The molecule has 5 nitrogen and oxygen atoms in total. The van der Waals surface area contributed by atoms with Gasteiger partial charge in [-0.05, 0) is 13.0 Å². The fourth-order valence-electron chi connectivity index (χ4n) is 1.09. The van der Waals surface area contributed by atoms with Crippen LogP contribution in [0.25, 0.3) is 0 Å². The van der Waals surface area contributed by atoms with E-state index in [1.807, 2.05) is 0 Å². The number of hydrogen-bond donors (Lipinski definition) is 0. The number of nitro groups is 1. The lowest BCUT2D eigenvalue weighted by Crippen LogP contribution is -2.00. The summed E-state index contributed by atoms with van der Waals surface area (Å²) in [4.78, 5) is 20.6. The molecule has 74 valence electrons. The summed E-state index contributed by atoms with van der Waals surface area (Å²) in [5, 5.41) is 10.5. The third-order valence-electron chi connectivity index (χ3n) is 1.66. The van der Waals surface area contributed by atoms with E-state index in [1.165, 1.54) is 18.2 Å². The lowest BCUT2D eigenvalue weighted by molar-refractivity contribution is -0.385. The zero-order valence-corrected chi connectivity index (χ0v) is 7.60. The number of nitro benzene ring substituents is 1. The van der Waals surface area contributed by atoms with E-state index in [-0.39, 0.29) is 17.0 Å². The number of nitrogens with zero attached hydrogens (tertiary/aromatic N) is 1. The molecule has 0 bridgehead atoms. The average molecular weight is 195 g/mol. The predicted molar refractivity (Wildman–Crippen MR) is 49.7 cm³/mol. The number of ether oxygens (including phenoxy) is 1. The SMILES string of the molecule is CCOc1cccc([N+](=O)[O-])c1C=O. The summed E-state index contributed by atoms with van der Waals surface area (Å²) >= 11 is 0. The van der Waals surface area contributed by atoms with E-state index in [9.17, 15) is 14.9 Å².